The van der Waals surface area contributed by atoms with Gasteiger partial charge in [0.05, 0.1) is 13.2 Å². The number of rotatable bonds is 8. The largest absolute Gasteiger partial charge is 0.497 e. The molecule has 0 spiro atoms. The predicted molar refractivity (Wildman–Crippen MR) is 86.5 cm³/mol. The van der Waals surface area contributed by atoms with Crippen molar-refractivity contribution < 1.29 is 9.53 Å². The van der Waals surface area contributed by atoms with Crippen molar-refractivity contribution in [1.82, 2.24) is 10.2 Å². The molecule has 0 aromatic heterocycles. The zero-order valence-electron chi connectivity index (χ0n) is 13.8. The van der Waals surface area contributed by atoms with E-state index in [1.807, 2.05) is 32.0 Å². The highest BCUT2D eigenvalue weighted by Gasteiger charge is 2.20. The molecule has 118 valence electrons. The number of carbonyl (C=O) groups excluding carboxylic acids is 1. The molecule has 4 nitrogen and oxygen atoms in total. The number of likely N-dealkylation sites (N-methyl/N-ethyl adjacent to an activating group) is 1. The highest BCUT2D eigenvalue weighted by atomic mass is 16.5. The van der Waals surface area contributed by atoms with Gasteiger partial charge in [0.2, 0.25) is 5.91 Å². The van der Waals surface area contributed by atoms with Crippen molar-refractivity contribution in [3.63, 3.8) is 0 Å². The first-order valence-electron chi connectivity index (χ1n) is 7.69. The van der Waals surface area contributed by atoms with Crippen molar-refractivity contribution in [3.05, 3.63) is 29.8 Å². The number of nitrogens with one attached hydrogen (secondary N) is 1. The Bertz CT molecular complexity index is 442. The Morgan fingerprint density at radius 2 is 1.95 bits per heavy atom. The molecule has 0 aliphatic heterocycles. The van der Waals surface area contributed by atoms with E-state index in [4.69, 9.17) is 4.74 Å². The van der Waals surface area contributed by atoms with Gasteiger partial charge in [0, 0.05) is 12.5 Å². The lowest BCUT2D eigenvalue weighted by molar-refractivity contribution is -0.124. The first-order chi connectivity index (χ1) is 10.0. The summed E-state index contributed by atoms with van der Waals surface area (Å²) in [6.07, 6.45) is 0. The molecule has 1 aromatic rings. The maximum Gasteiger partial charge on any atom is 0.222 e. The minimum atomic E-state index is 0.00709. The number of benzene rings is 1. The topological polar surface area (TPSA) is 41.6 Å². The number of hydrogen-bond acceptors (Lipinski definition) is 3. The molecule has 1 rings (SSSR count). The normalized spacial score (nSPS) is 12.5. The van der Waals surface area contributed by atoms with Gasteiger partial charge < -0.3 is 10.1 Å². The fourth-order valence-corrected chi connectivity index (χ4v) is 2.37. The van der Waals surface area contributed by atoms with E-state index in [1.165, 1.54) is 5.56 Å². The smallest absolute Gasteiger partial charge is 0.222 e. The summed E-state index contributed by atoms with van der Waals surface area (Å²) in [6, 6.07) is 8.24. The third-order valence-electron chi connectivity index (χ3n) is 3.73. The van der Waals surface area contributed by atoms with Crippen LogP contribution in [0.4, 0.5) is 0 Å². The van der Waals surface area contributed by atoms with Crippen LogP contribution in [0.25, 0.3) is 0 Å². The number of amides is 1. The molecular formula is C17H28N2O2. The molecule has 0 aliphatic rings. The average molecular weight is 292 g/mol. The molecule has 0 bridgehead atoms. The van der Waals surface area contributed by atoms with Gasteiger partial charge in [0.15, 0.2) is 0 Å². The number of carbonyl (C=O) groups is 1. The number of hydrogen-bond donors (Lipinski definition) is 1. The van der Waals surface area contributed by atoms with E-state index in [2.05, 4.69) is 30.1 Å². The van der Waals surface area contributed by atoms with E-state index >= 15 is 0 Å². The molecule has 0 aliphatic carbocycles. The zero-order valence-corrected chi connectivity index (χ0v) is 13.8. The highest BCUT2D eigenvalue weighted by molar-refractivity contribution is 5.77. The Kier molecular flexibility index (Phi) is 7.23. The van der Waals surface area contributed by atoms with Gasteiger partial charge in [-0.1, -0.05) is 39.8 Å². The van der Waals surface area contributed by atoms with Crippen molar-refractivity contribution in [2.75, 3.05) is 26.7 Å². The molecule has 0 saturated heterocycles. The first kappa shape index (κ1) is 17.5. The fourth-order valence-electron chi connectivity index (χ4n) is 2.37. The number of ether oxygens (including phenoxy) is 1. The predicted octanol–water partition coefficient (Wildman–Crippen LogP) is 2.85. The SMILES string of the molecule is CCN(CC)C(CNC(=O)C(C)C)c1cccc(OC)c1. The molecule has 4 heteroatoms. The lowest BCUT2D eigenvalue weighted by Gasteiger charge is -2.30. The standard InChI is InChI=1S/C17H28N2O2/c1-6-19(7-2)16(12-18-17(20)13(3)4)14-9-8-10-15(11-14)21-5/h8-11,13,16H,6-7,12H2,1-5H3,(H,18,20). The average Bonchev–Trinajstić information content (AvgIpc) is 2.51. The second-order valence-electron chi connectivity index (χ2n) is 5.41. The van der Waals surface area contributed by atoms with E-state index in [0.29, 0.717) is 6.54 Å². The van der Waals surface area contributed by atoms with Gasteiger partial charge in [0.1, 0.15) is 5.75 Å². The minimum Gasteiger partial charge on any atom is -0.497 e. The Labute approximate surface area is 128 Å². The molecule has 0 radical (unpaired) electrons. The summed E-state index contributed by atoms with van der Waals surface area (Å²) in [5.41, 5.74) is 1.17. The van der Waals surface area contributed by atoms with E-state index < -0.39 is 0 Å². The van der Waals surface area contributed by atoms with E-state index in [0.717, 1.165) is 18.8 Å². The summed E-state index contributed by atoms with van der Waals surface area (Å²) in [5, 5.41) is 3.05. The quantitative estimate of drug-likeness (QED) is 0.801. The molecule has 1 N–H and O–H groups in total. The van der Waals surface area contributed by atoms with Crippen LogP contribution in [0.2, 0.25) is 0 Å². The summed E-state index contributed by atoms with van der Waals surface area (Å²) >= 11 is 0. The maximum atomic E-state index is 11.8. The molecule has 0 heterocycles. The minimum absolute atomic E-state index is 0.00709. The van der Waals surface area contributed by atoms with E-state index in [9.17, 15) is 4.79 Å². The van der Waals surface area contributed by atoms with Crippen LogP contribution in [0.1, 0.15) is 39.3 Å². The molecule has 1 amide bonds. The van der Waals surface area contributed by atoms with Crippen LogP contribution in [0.3, 0.4) is 0 Å². The Hall–Kier alpha value is -1.55. The van der Waals surface area contributed by atoms with Crippen LogP contribution in [0.5, 0.6) is 5.75 Å². The van der Waals surface area contributed by atoms with Crippen molar-refractivity contribution in [2.24, 2.45) is 5.92 Å². The summed E-state index contributed by atoms with van der Waals surface area (Å²) in [7, 11) is 1.67. The van der Waals surface area contributed by atoms with Crippen LogP contribution < -0.4 is 10.1 Å². The highest BCUT2D eigenvalue weighted by Crippen LogP contribution is 2.23. The molecule has 0 fully saturated rings. The Balaban J connectivity index is 2.93. The number of nitrogens with zero attached hydrogens (tertiary/aromatic N) is 1. The zero-order chi connectivity index (χ0) is 15.8. The summed E-state index contributed by atoms with van der Waals surface area (Å²) in [5.74, 6) is 0.947. The monoisotopic (exact) mass is 292 g/mol. The van der Waals surface area contributed by atoms with Crippen molar-refractivity contribution in [2.45, 2.75) is 33.7 Å². The molecule has 1 atom stereocenters. The third kappa shape index (κ3) is 5.05. The van der Waals surface area contributed by atoms with Crippen LogP contribution in [0.15, 0.2) is 24.3 Å². The fraction of sp³-hybridized carbons (Fsp3) is 0.588. The lowest BCUT2D eigenvalue weighted by atomic mass is 10.0. The molecule has 1 aromatic carbocycles. The molecule has 21 heavy (non-hydrogen) atoms. The van der Waals surface area contributed by atoms with E-state index in [1.54, 1.807) is 7.11 Å². The molecule has 1 unspecified atom stereocenters. The summed E-state index contributed by atoms with van der Waals surface area (Å²) in [6.45, 7) is 10.6. The van der Waals surface area contributed by atoms with Gasteiger partial charge in [-0.3, -0.25) is 9.69 Å². The van der Waals surface area contributed by atoms with Gasteiger partial charge in [-0.05, 0) is 30.8 Å². The van der Waals surface area contributed by atoms with Crippen LogP contribution in [0, 0.1) is 5.92 Å². The maximum absolute atomic E-state index is 11.8. The summed E-state index contributed by atoms with van der Waals surface area (Å²) < 4.78 is 5.31. The van der Waals surface area contributed by atoms with Crippen LogP contribution >= 0.6 is 0 Å². The van der Waals surface area contributed by atoms with Gasteiger partial charge >= 0.3 is 0 Å². The Morgan fingerprint density at radius 1 is 1.29 bits per heavy atom. The second-order valence-corrected chi connectivity index (χ2v) is 5.41. The van der Waals surface area contributed by atoms with Crippen molar-refractivity contribution >= 4 is 5.91 Å². The van der Waals surface area contributed by atoms with Crippen molar-refractivity contribution in [3.8, 4) is 5.75 Å². The third-order valence-corrected chi connectivity index (χ3v) is 3.73. The van der Waals surface area contributed by atoms with Gasteiger partial charge in [-0.2, -0.15) is 0 Å². The first-order valence-corrected chi connectivity index (χ1v) is 7.69. The van der Waals surface area contributed by atoms with Gasteiger partial charge in [-0.15, -0.1) is 0 Å². The van der Waals surface area contributed by atoms with Crippen LogP contribution in [-0.4, -0.2) is 37.6 Å². The van der Waals surface area contributed by atoms with Gasteiger partial charge in [-0.25, -0.2) is 0 Å². The van der Waals surface area contributed by atoms with Crippen LogP contribution in [-0.2, 0) is 4.79 Å². The van der Waals surface area contributed by atoms with Crippen molar-refractivity contribution in [1.29, 1.82) is 0 Å². The Morgan fingerprint density at radius 3 is 2.48 bits per heavy atom. The molecular weight excluding hydrogens is 264 g/mol. The second kappa shape index (κ2) is 8.67. The molecule has 0 saturated carbocycles. The number of methoxy groups -OCH3 is 1. The van der Waals surface area contributed by atoms with Gasteiger partial charge in [0.25, 0.3) is 0 Å². The van der Waals surface area contributed by atoms with E-state index in [-0.39, 0.29) is 17.9 Å². The summed E-state index contributed by atoms with van der Waals surface area (Å²) in [4.78, 5) is 14.2. The lowest BCUT2D eigenvalue weighted by Crippen LogP contribution is -2.39.